The number of hydrogen-bond acceptors (Lipinski definition) is 6. The van der Waals surface area contributed by atoms with Gasteiger partial charge in [0.15, 0.2) is 0 Å². The van der Waals surface area contributed by atoms with Crippen LogP contribution in [-0.4, -0.2) is 55.0 Å². The van der Waals surface area contributed by atoms with Crippen molar-refractivity contribution in [2.75, 3.05) is 13.1 Å². The largest absolute Gasteiger partial charge is 0.388 e. The lowest BCUT2D eigenvalue weighted by Crippen LogP contribution is -2.50. The van der Waals surface area contributed by atoms with Crippen molar-refractivity contribution in [3.63, 3.8) is 0 Å². The molecule has 5 rings (SSSR count). The number of aromatic nitrogens is 3. The van der Waals surface area contributed by atoms with E-state index in [2.05, 4.69) is 9.36 Å². The van der Waals surface area contributed by atoms with Gasteiger partial charge in [-0.05, 0) is 29.9 Å². The molecule has 2 aromatic carbocycles. The molecule has 4 aromatic rings. The van der Waals surface area contributed by atoms with Gasteiger partial charge in [0.1, 0.15) is 15.9 Å². The molecule has 0 radical (unpaired) electrons. The monoisotopic (exact) mass is 524 g/mol. The van der Waals surface area contributed by atoms with Crippen LogP contribution in [-0.2, 0) is 11.3 Å². The zero-order valence-electron chi connectivity index (χ0n) is 20.0. The van der Waals surface area contributed by atoms with Crippen molar-refractivity contribution in [2.24, 2.45) is 0 Å². The number of carbonyl (C=O) groups is 1. The molecule has 37 heavy (non-hydrogen) atoms. The number of rotatable bonds is 7. The van der Waals surface area contributed by atoms with Crippen molar-refractivity contribution in [3.05, 3.63) is 82.9 Å². The number of halogens is 2. The first kappa shape index (κ1) is 25.2. The Morgan fingerprint density at radius 2 is 1.70 bits per heavy atom. The number of fused-ring (bicyclic) bond motifs is 1. The van der Waals surface area contributed by atoms with E-state index in [0.717, 1.165) is 17.1 Å². The highest BCUT2D eigenvalue weighted by molar-refractivity contribution is 7.13. The van der Waals surface area contributed by atoms with Crippen molar-refractivity contribution in [3.8, 4) is 11.3 Å². The Morgan fingerprint density at radius 3 is 2.35 bits per heavy atom. The molecule has 0 saturated carbocycles. The van der Waals surface area contributed by atoms with Crippen molar-refractivity contribution in [1.82, 2.24) is 18.8 Å². The molecule has 1 amide bonds. The average Bonchev–Trinajstić information content (AvgIpc) is 3.35. The summed E-state index contributed by atoms with van der Waals surface area (Å²) in [7, 11) is 0. The summed E-state index contributed by atoms with van der Waals surface area (Å²) in [5, 5.41) is 11.2. The fourth-order valence-corrected chi connectivity index (χ4v) is 5.58. The number of nitrogens with zero attached hydrogens (tertiary/aromatic N) is 4. The Hall–Kier alpha value is -3.50. The van der Waals surface area contributed by atoms with Crippen molar-refractivity contribution in [1.29, 1.82) is 0 Å². The molecule has 2 aromatic heterocycles. The minimum atomic E-state index is -2.66. The number of aliphatic hydroxyl groups is 1. The first-order chi connectivity index (χ1) is 17.8. The predicted molar refractivity (Wildman–Crippen MR) is 138 cm³/mol. The number of carbonyl (C=O) groups excluding carboxylic acids is 1. The Balaban J connectivity index is 1.25. The van der Waals surface area contributed by atoms with Crippen LogP contribution >= 0.6 is 11.5 Å². The molecule has 1 saturated heterocycles. The van der Waals surface area contributed by atoms with E-state index in [1.165, 1.54) is 15.8 Å². The van der Waals surface area contributed by atoms with Crippen molar-refractivity contribution in [2.45, 2.75) is 43.8 Å². The minimum absolute atomic E-state index is 0.0268. The topological polar surface area (TPSA) is 88.3 Å². The second kappa shape index (κ2) is 10.5. The first-order valence-electron chi connectivity index (χ1n) is 12.1. The van der Waals surface area contributed by atoms with Gasteiger partial charge in [0.05, 0.1) is 24.4 Å². The lowest BCUT2D eigenvalue weighted by atomic mass is 9.90. The van der Waals surface area contributed by atoms with E-state index in [9.17, 15) is 23.5 Å². The van der Waals surface area contributed by atoms with Crippen LogP contribution in [0.3, 0.4) is 0 Å². The molecule has 1 fully saturated rings. The number of benzene rings is 2. The third-order valence-electron chi connectivity index (χ3n) is 6.93. The van der Waals surface area contributed by atoms with Gasteiger partial charge in [-0.25, -0.2) is 13.8 Å². The van der Waals surface area contributed by atoms with Gasteiger partial charge in [-0.3, -0.25) is 14.2 Å². The summed E-state index contributed by atoms with van der Waals surface area (Å²) in [5.74, 6) is -1.54. The fraction of sp³-hybridized carbons (Fsp3) is 0.333. The number of amides is 1. The molecule has 1 aliphatic rings. The smallest absolute Gasteiger partial charge is 0.273 e. The zero-order chi connectivity index (χ0) is 26.0. The molecular formula is C27H26F2N4O3S. The molecule has 0 bridgehead atoms. The summed E-state index contributed by atoms with van der Waals surface area (Å²) >= 11 is 1.08. The van der Waals surface area contributed by atoms with Crippen LogP contribution in [0, 0.1) is 0 Å². The highest BCUT2D eigenvalue weighted by Crippen LogP contribution is 2.31. The third-order valence-corrected chi connectivity index (χ3v) is 7.76. The SMILES string of the molecule is O=C(C[C@@H](c1ccccc1)C(F)F)N1CCC(O)(Cn2cnc3c(-c4ccccc4)nsc3c2=O)CC1. The van der Waals surface area contributed by atoms with Gasteiger partial charge < -0.3 is 10.0 Å². The molecular weight excluding hydrogens is 498 g/mol. The van der Waals surface area contributed by atoms with E-state index in [0.29, 0.717) is 21.5 Å². The summed E-state index contributed by atoms with van der Waals surface area (Å²) in [6, 6.07) is 17.8. The van der Waals surface area contributed by atoms with Crippen LogP contribution < -0.4 is 5.56 Å². The molecule has 10 heteroatoms. The molecule has 1 aliphatic heterocycles. The van der Waals surface area contributed by atoms with Gasteiger partial charge >= 0.3 is 0 Å². The van der Waals surface area contributed by atoms with Crippen molar-refractivity contribution >= 4 is 27.7 Å². The Labute approximate surface area is 216 Å². The molecule has 1 N–H and O–H groups in total. The van der Waals surface area contributed by atoms with Crippen LogP contribution in [0.25, 0.3) is 21.5 Å². The fourth-order valence-electron chi connectivity index (χ4n) is 4.77. The highest BCUT2D eigenvalue weighted by atomic mass is 32.1. The van der Waals surface area contributed by atoms with E-state index >= 15 is 0 Å². The lowest BCUT2D eigenvalue weighted by molar-refractivity contribution is -0.137. The van der Waals surface area contributed by atoms with Crippen molar-refractivity contribution < 1.29 is 18.7 Å². The summed E-state index contributed by atoms with van der Waals surface area (Å²) in [4.78, 5) is 31.9. The molecule has 192 valence electrons. The Bertz CT molecular complexity index is 1430. The minimum Gasteiger partial charge on any atom is -0.388 e. The number of likely N-dealkylation sites (tertiary alicyclic amines) is 1. The summed E-state index contributed by atoms with van der Waals surface area (Å²) in [6.45, 7) is 0.478. The quantitative estimate of drug-likeness (QED) is 0.389. The van der Waals surface area contributed by atoms with Crippen LogP contribution in [0.5, 0.6) is 0 Å². The van der Waals surface area contributed by atoms with Gasteiger partial charge in [-0.15, -0.1) is 0 Å². The van der Waals surface area contributed by atoms with Crippen LogP contribution in [0.1, 0.15) is 30.7 Å². The van der Waals surface area contributed by atoms with Crippen LogP contribution in [0.4, 0.5) is 8.78 Å². The predicted octanol–water partition coefficient (Wildman–Crippen LogP) is 4.31. The van der Waals surface area contributed by atoms with E-state index < -0.39 is 17.9 Å². The second-order valence-corrected chi connectivity index (χ2v) is 10.2. The number of piperidine rings is 1. The third kappa shape index (κ3) is 5.30. The van der Waals surface area contributed by atoms with Gasteiger partial charge in [0.25, 0.3) is 5.56 Å². The molecule has 7 nitrogen and oxygen atoms in total. The maximum atomic E-state index is 13.7. The van der Waals surface area contributed by atoms with E-state index in [4.69, 9.17) is 0 Å². The maximum absolute atomic E-state index is 13.7. The van der Waals surface area contributed by atoms with Gasteiger partial charge in [0.2, 0.25) is 12.3 Å². The summed E-state index contributed by atoms with van der Waals surface area (Å²) in [6.07, 6.45) is -1.07. The first-order valence-corrected chi connectivity index (χ1v) is 12.9. The standard InChI is InChI=1S/C27H26F2N4O3S/c28-25(29)20(18-7-3-1-4-8-18)15-21(34)32-13-11-27(36,12-14-32)16-33-17-30-23-22(19-9-5-2-6-10-19)31-37-24(23)26(33)35/h1-10,17,20,25,36H,11-16H2/t20-/m0/s1. The maximum Gasteiger partial charge on any atom is 0.273 e. The lowest BCUT2D eigenvalue weighted by Gasteiger charge is -2.38. The van der Waals surface area contributed by atoms with Crippen LogP contribution in [0.15, 0.2) is 71.8 Å². The van der Waals surface area contributed by atoms with E-state index in [1.807, 2.05) is 30.3 Å². The highest BCUT2D eigenvalue weighted by Gasteiger charge is 2.36. The second-order valence-electron chi connectivity index (χ2n) is 9.41. The summed E-state index contributed by atoms with van der Waals surface area (Å²) in [5.41, 5.74) is 0.976. The van der Waals surface area contributed by atoms with E-state index in [1.54, 1.807) is 30.3 Å². The molecule has 0 unspecified atom stereocenters. The zero-order valence-corrected chi connectivity index (χ0v) is 20.8. The van der Waals surface area contributed by atoms with Crippen LogP contribution in [0.2, 0.25) is 0 Å². The molecule has 0 aliphatic carbocycles. The summed E-state index contributed by atoms with van der Waals surface area (Å²) < 4.78 is 33.6. The van der Waals surface area contributed by atoms with Gasteiger partial charge in [-0.1, -0.05) is 60.7 Å². The number of alkyl halides is 2. The normalized spacial score (nSPS) is 16.3. The molecule has 3 heterocycles. The Morgan fingerprint density at radius 1 is 1.05 bits per heavy atom. The average molecular weight is 525 g/mol. The Kier molecular flexibility index (Phi) is 7.12. The van der Waals surface area contributed by atoms with E-state index in [-0.39, 0.29) is 50.4 Å². The molecule has 0 spiro atoms. The number of hydrogen-bond donors (Lipinski definition) is 1. The van der Waals surface area contributed by atoms with Gasteiger partial charge in [-0.2, -0.15) is 4.37 Å². The molecule has 1 atom stereocenters. The van der Waals surface area contributed by atoms with Gasteiger partial charge in [0, 0.05) is 25.1 Å².